The van der Waals surface area contributed by atoms with Crippen molar-refractivity contribution in [1.82, 2.24) is 5.32 Å². The highest BCUT2D eigenvalue weighted by molar-refractivity contribution is 9.10. The third-order valence-electron chi connectivity index (χ3n) is 2.83. The predicted molar refractivity (Wildman–Crippen MR) is 85.9 cm³/mol. The molecule has 0 saturated carbocycles. The van der Waals surface area contributed by atoms with Gasteiger partial charge in [-0.25, -0.2) is 4.79 Å². The van der Waals surface area contributed by atoms with Crippen LogP contribution in [0.4, 0.5) is 5.69 Å². The Morgan fingerprint density at radius 3 is 2.52 bits per heavy atom. The van der Waals surface area contributed by atoms with Gasteiger partial charge in [0.2, 0.25) is 0 Å². The zero-order chi connectivity index (χ0) is 16.0. The fourth-order valence-corrected chi connectivity index (χ4v) is 2.15. The molecular formula is C15H21BrN2O3. The Morgan fingerprint density at radius 2 is 1.95 bits per heavy atom. The molecule has 0 saturated heterocycles. The lowest BCUT2D eigenvalue weighted by Crippen LogP contribution is -2.36. The lowest BCUT2D eigenvalue weighted by molar-refractivity contribution is -0.129. The molecule has 1 aromatic rings. The highest BCUT2D eigenvalue weighted by Crippen LogP contribution is 2.18. The fraction of sp³-hybridized carbons (Fsp3) is 0.467. The Hall–Kier alpha value is -1.56. The van der Waals surface area contributed by atoms with Crippen LogP contribution in [0.3, 0.4) is 0 Å². The molecule has 0 aliphatic carbocycles. The molecule has 3 N–H and O–H groups in total. The van der Waals surface area contributed by atoms with Gasteiger partial charge in [0.05, 0.1) is 5.56 Å². The zero-order valence-electron chi connectivity index (χ0n) is 12.5. The van der Waals surface area contributed by atoms with Crippen LogP contribution in [0.15, 0.2) is 22.7 Å². The van der Waals surface area contributed by atoms with Crippen LogP contribution in [0.2, 0.25) is 0 Å². The lowest BCUT2D eigenvalue weighted by atomic mass is 10.1. The molecule has 0 aliphatic rings. The van der Waals surface area contributed by atoms with Crippen molar-refractivity contribution in [3.63, 3.8) is 0 Å². The summed E-state index contributed by atoms with van der Waals surface area (Å²) in [5.74, 6) is -0.366. The third-order valence-corrected chi connectivity index (χ3v) is 3.29. The van der Waals surface area contributed by atoms with Gasteiger partial charge in [-0.05, 0) is 37.5 Å². The minimum absolute atomic E-state index is 0.299. The van der Waals surface area contributed by atoms with Crippen molar-refractivity contribution < 1.29 is 14.3 Å². The van der Waals surface area contributed by atoms with Gasteiger partial charge in [-0.15, -0.1) is 0 Å². The Balaban J connectivity index is 2.55. The fourth-order valence-electron chi connectivity index (χ4n) is 1.64. The molecule has 1 rings (SSSR count). The van der Waals surface area contributed by atoms with Crippen LogP contribution in [0, 0.1) is 5.92 Å². The molecule has 0 aliphatic heterocycles. The normalized spacial score (nSPS) is 12.0. The van der Waals surface area contributed by atoms with Gasteiger partial charge in [0, 0.05) is 16.7 Å². The second-order valence-corrected chi connectivity index (χ2v) is 6.21. The average Bonchev–Trinajstić information content (AvgIpc) is 2.36. The van der Waals surface area contributed by atoms with E-state index < -0.39 is 12.1 Å². The minimum Gasteiger partial charge on any atom is -0.449 e. The number of rotatable bonds is 6. The highest BCUT2D eigenvalue weighted by atomic mass is 79.9. The van der Waals surface area contributed by atoms with Gasteiger partial charge in [-0.1, -0.05) is 29.8 Å². The van der Waals surface area contributed by atoms with Gasteiger partial charge >= 0.3 is 5.97 Å². The first-order valence-corrected chi connectivity index (χ1v) is 7.63. The Morgan fingerprint density at radius 1 is 1.29 bits per heavy atom. The van der Waals surface area contributed by atoms with E-state index in [1.165, 1.54) is 6.07 Å². The number of halogens is 1. The van der Waals surface area contributed by atoms with E-state index in [-0.39, 0.29) is 5.91 Å². The van der Waals surface area contributed by atoms with E-state index in [2.05, 4.69) is 35.1 Å². The van der Waals surface area contributed by atoms with Crippen LogP contribution in [0.1, 0.15) is 37.6 Å². The molecule has 0 heterocycles. The smallest absolute Gasteiger partial charge is 0.339 e. The average molecular weight is 357 g/mol. The highest BCUT2D eigenvalue weighted by Gasteiger charge is 2.19. The summed E-state index contributed by atoms with van der Waals surface area (Å²) in [6.07, 6.45) is 0.0408. The maximum Gasteiger partial charge on any atom is 0.339 e. The van der Waals surface area contributed by atoms with Crippen molar-refractivity contribution in [1.29, 1.82) is 0 Å². The van der Waals surface area contributed by atoms with Crippen LogP contribution in [0.5, 0.6) is 0 Å². The van der Waals surface area contributed by atoms with Gasteiger partial charge in [0.1, 0.15) is 0 Å². The predicted octanol–water partition coefficient (Wildman–Crippen LogP) is 2.74. The molecule has 0 aromatic heterocycles. The summed E-state index contributed by atoms with van der Waals surface area (Å²) in [6, 6.07) is 4.79. The first-order chi connectivity index (χ1) is 9.79. The quantitative estimate of drug-likeness (QED) is 0.606. The van der Waals surface area contributed by atoms with Gasteiger partial charge in [-0.2, -0.15) is 0 Å². The number of hydrogen-bond donors (Lipinski definition) is 2. The van der Waals surface area contributed by atoms with Crippen LogP contribution >= 0.6 is 15.9 Å². The molecule has 1 aromatic carbocycles. The summed E-state index contributed by atoms with van der Waals surface area (Å²) in [4.78, 5) is 23.8. The zero-order valence-corrected chi connectivity index (χ0v) is 14.1. The molecule has 0 spiro atoms. The standard InChI is InChI=1S/C15H21BrN2O3/c1-9(2)4-5-18-14(19)10(3)21-15(20)11-6-12(16)8-13(17)7-11/h6-10H,4-5,17H2,1-3H3,(H,18,19). The second kappa shape index (κ2) is 8.02. The molecule has 1 atom stereocenters. The van der Waals surface area contributed by atoms with Crippen LogP contribution in [-0.2, 0) is 9.53 Å². The number of carbonyl (C=O) groups excluding carboxylic acids is 2. The number of hydrogen-bond acceptors (Lipinski definition) is 4. The number of nitrogen functional groups attached to an aromatic ring is 1. The van der Waals surface area contributed by atoms with Crippen molar-refractivity contribution in [2.75, 3.05) is 12.3 Å². The number of esters is 1. The molecule has 0 fully saturated rings. The van der Waals surface area contributed by atoms with Gasteiger partial charge < -0.3 is 15.8 Å². The van der Waals surface area contributed by atoms with Crippen LogP contribution in [0.25, 0.3) is 0 Å². The Kier molecular flexibility index (Phi) is 6.68. The first kappa shape index (κ1) is 17.5. The van der Waals surface area contributed by atoms with E-state index in [1.54, 1.807) is 19.1 Å². The number of nitrogens with one attached hydrogen (secondary N) is 1. The summed E-state index contributed by atoms with van der Waals surface area (Å²) in [7, 11) is 0. The van der Waals surface area contributed by atoms with Crippen molar-refractivity contribution in [2.24, 2.45) is 5.92 Å². The topological polar surface area (TPSA) is 81.4 Å². The van der Waals surface area contributed by atoms with E-state index in [9.17, 15) is 9.59 Å². The molecule has 1 amide bonds. The van der Waals surface area contributed by atoms with Crippen molar-refractivity contribution in [2.45, 2.75) is 33.3 Å². The minimum atomic E-state index is -0.843. The van der Waals surface area contributed by atoms with Gasteiger partial charge in [0.15, 0.2) is 6.10 Å². The SMILES string of the molecule is CC(C)CCNC(=O)C(C)OC(=O)c1cc(N)cc(Br)c1. The molecule has 0 radical (unpaired) electrons. The number of anilines is 1. The van der Waals surface area contributed by atoms with Gasteiger partial charge in [-0.3, -0.25) is 4.79 Å². The van der Waals surface area contributed by atoms with Crippen molar-refractivity contribution in [3.8, 4) is 0 Å². The van der Waals surface area contributed by atoms with E-state index >= 15 is 0 Å². The number of ether oxygens (including phenoxy) is 1. The molecule has 6 heteroatoms. The summed E-state index contributed by atoms with van der Waals surface area (Å²) in [5, 5.41) is 2.74. The first-order valence-electron chi connectivity index (χ1n) is 6.84. The Labute approximate surface area is 133 Å². The number of benzene rings is 1. The molecule has 21 heavy (non-hydrogen) atoms. The summed E-state index contributed by atoms with van der Waals surface area (Å²) < 4.78 is 5.82. The summed E-state index contributed by atoms with van der Waals surface area (Å²) >= 11 is 3.26. The van der Waals surface area contributed by atoms with E-state index in [0.29, 0.717) is 28.2 Å². The summed E-state index contributed by atoms with van der Waals surface area (Å²) in [5.41, 5.74) is 6.42. The van der Waals surface area contributed by atoms with Crippen molar-refractivity contribution in [3.05, 3.63) is 28.2 Å². The molecular weight excluding hydrogens is 336 g/mol. The van der Waals surface area contributed by atoms with Crippen molar-refractivity contribution >= 4 is 33.5 Å². The second-order valence-electron chi connectivity index (χ2n) is 5.29. The van der Waals surface area contributed by atoms with E-state index in [0.717, 1.165) is 6.42 Å². The monoisotopic (exact) mass is 356 g/mol. The molecule has 0 bridgehead atoms. The number of amides is 1. The number of nitrogens with two attached hydrogens (primary N) is 1. The molecule has 116 valence electrons. The largest absolute Gasteiger partial charge is 0.449 e. The third kappa shape index (κ3) is 6.16. The van der Waals surface area contributed by atoms with Crippen LogP contribution in [-0.4, -0.2) is 24.5 Å². The Bertz CT molecular complexity index is 497. The van der Waals surface area contributed by atoms with Crippen LogP contribution < -0.4 is 11.1 Å². The number of carbonyl (C=O) groups is 2. The summed E-state index contributed by atoms with van der Waals surface area (Å²) in [6.45, 7) is 6.27. The lowest BCUT2D eigenvalue weighted by Gasteiger charge is -2.14. The van der Waals surface area contributed by atoms with E-state index in [1.807, 2.05) is 0 Å². The molecule has 5 nitrogen and oxygen atoms in total. The maximum atomic E-state index is 12.0. The maximum absolute atomic E-state index is 12.0. The van der Waals surface area contributed by atoms with E-state index in [4.69, 9.17) is 10.5 Å². The van der Waals surface area contributed by atoms with Gasteiger partial charge in [0.25, 0.3) is 5.91 Å². The molecule has 1 unspecified atom stereocenters.